The van der Waals surface area contributed by atoms with Gasteiger partial charge in [-0.3, -0.25) is 0 Å². The Morgan fingerprint density at radius 3 is 1.03 bits per heavy atom. The number of rotatable bonds is 2. The zero-order chi connectivity index (χ0) is 25.6. The van der Waals surface area contributed by atoms with Crippen LogP contribution in [0.15, 0.2) is 49.4 Å². The molecule has 0 atom stereocenters. The van der Waals surface area contributed by atoms with E-state index in [1.54, 1.807) is 20.8 Å². The Hall–Kier alpha value is -1.15. The zero-order valence-corrected chi connectivity index (χ0v) is 23.4. The minimum absolute atomic E-state index is 0. The number of nitrogens with zero attached hydrogens (tertiary/aromatic N) is 1. The summed E-state index contributed by atoms with van der Waals surface area (Å²) in [5, 5.41) is 0. The molecule has 34 heavy (non-hydrogen) atoms. The van der Waals surface area contributed by atoms with Crippen LogP contribution in [0.25, 0.3) is 0 Å². The van der Waals surface area contributed by atoms with E-state index in [4.69, 9.17) is 0 Å². The number of hydrogen-bond donors (Lipinski definition) is 0. The Morgan fingerprint density at radius 1 is 0.706 bits per heavy atom. The lowest BCUT2D eigenvalue weighted by Gasteiger charge is -2.16. The van der Waals surface area contributed by atoms with Gasteiger partial charge in [0.1, 0.15) is 0 Å². The molecular formula is C32H72FN. The predicted octanol–water partition coefficient (Wildman–Crippen LogP) is 12.0. The predicted molar refractivity (Wildman–Crippen MR) is 168 cm³/mol. The van der Waals surface area contributed by atoms with Gasteiger partial charge in [0.15, 0.2) is 0 Å². The summed E-state index contributed by atoms with van der Waals surface area (Å²) in [6.07, 6.45) is 6.39. The van der Waals surface area contributed by atoms with E-state index in [-0.39, 0.29) is 40.9 Å². The maximum absolute atomic E-state index is 12.0. The molecule has 0 bridgehead atoms. The van der Waals surface area contributed by atoms with Crippen LogP contribution >= 0.6 is 0 Å². The minimum Gasteiger partial charge on any atom is -0.306 e. The average molecular weight is 490 g/mol. The van der Waals surface area contributed by atoms with Crippen LogP contribution in [0, 0.1) is 21.7 Å². The van der Waals surface area contributed by atoms with Gasteiger partial charge in [0.25, 0.3) is 0 Å². The lowest BCUT2D eigenvalue weighted by molar-refractivity contribution is 0.386. The standard InChI is InChI=1S/C9H19N.C7H14.C6H11F.C6H12.4CH4/c1-9(2,3)7-6-8-10(4)5;1-6(2)7(3,4)5;1-5(7)6(2,3)4;1-5-6(2,3)4;;;;/h6-7H,8H2,1-5H3;1H2,2-5H3;1H2,2-4H3;5H,1H2,2-4H3;4*1H4/b7-6+;;;;;;;. The smallest absolute Gasteiger partial charge is 0.0981 e. The van der Waals surface area contributed by atoms with Crippen molar-refractivity contribution in [3.8, 4) is 0 Å². The fourth-order valence-electron chi connectivity index (χ4n) is 0.617. The van der Waals surface area contributed by atoms with Crippen molar-refractivity contribution in [3.05, 3.63) is 49.4 Å². The molecule has 0 N–H and O–H groups in total. The van der Waals surface area contributed by atoms with Crippen molar-refractivity contribution in [2.75, 3.05) is 20.6 Å². The maximum atomic E-state index is 12.0. The molecule has 0 aromatic rings. The Bertz CT molecular complexity index is 471. The second-order valence-electron chi connectivity index (χ2n) is 12.3. The summed E-state index contributed by atoms with van der Waals surface area (Å²) in [7, 11) is 4.15. The summed E-state index contributed by atoms with van der Waals surface area (Å²) in [6.45, 7) is 38.6. The first-order chi connectivity index (χ1) is 12.9. The van der Waals surface area contributed by atoms with E-state index < -0.39 is 0 Å². The van der Waals surface area contributed by atoms with Crippen molar-refractivity contribution >= 4 is 0 Å². The first-order valence-corrected chi connectivity index (χ1v) is 10.8. The molecule has 0 spiro atoms. The van der Waals surface area contributed by atoms with Crippen molar-refractivity contribution in [1.82, 2.24) is 4.90 Å². The molecule has 0 rings (SSSR count). The summed E-state index contributed by atoms with van der Waals surface area (Å²) < 4.78 is 12.0. The minimum atomic E-state index is -0.361. The van der Waals surface area contributed by atoms with Crippen molar-refractivity contribution in [1.29, 1.82) is 0 Å². The summed E-state index contributed by atoms with van der Waals surface area (Å²) in [6, 6.07) is 0. The molecule has 0 aromatic carbocycles. The van der Waals surface area contributed by atoms with Crippen LogP contribution in [0.1, 0.15) is 120 Å². The van der Waals surface area contributed by atoms with Gasteiger partial charge >= 0.3 is 0 Å². The van der Waals surface area contributed by atoms with Crippen LogP contribution in [0.3, 0.4) is 0 Å². The molecule has 0 aliphatic carbocycles. The average Bonchev–Trinajstić information content (AvgIpc) is 2.44. The largest absolute Gasteiger partial charge is 0.306 e. The zero-order valence-electron chi connectivity index (χ0n) is 23.4. The highest BCUT2D eigenvalue weighted by molar-refractivity contribution is 5.00. The quantitative estimate of drug-likeness (QED) is 0.348. The molecule has 0 saturated heterocycles. The number of halogens is 1. The van der Waals surface area contributed by atoms with E-state index in [1.807, 2.05) is 6.08 Å². The van der Waals surface area contributed by atoms with Crippen molar-refractivity contribution < 1.29 is 4.39 Å². The molecule has 0 saturated carbocycles. The molecule has 0 amide bonds. The third-order valence-corrected chi connectivity index (χ3v) is 3.79. The molecule has 0 aromatic heterocycles. The normalized spacial score (nSPS) is 10.6. The summed E-state index contributed by atoms with van der Waals surface area (Å²) in [5.41, 5.74) is 1.82. The maximum Gasteiger partial charge on any atom is 0.0981 e. The Labute approximate surface area is 220 Å². The van der Waals surface area contributed by atoms with E-state index >= 15 is 0 Å². The second-order valence-corrected chi connectivity index (χ2v) is 12.3. The molecule has 1 nitrogen and oxygen atoms in total. The molecule has 0 unspecified atom stereocenters. The van der Waals surface area contributed by atoms with Crippen molar-refractivity contribution in [2.24, 2.45) is 21.7 Å². The molecule has 0 fully saturated rings. The monoisotopic (exact) mass is 490 g/mol. The lowest BCUT2D eigenvalue weighted by Crippen LogP contribution is -2.11. The lowest BCUT2D eigenvalue weighted by atomic mass is 9.89. The third kappa shape index (κ3) is 63.2. The highest BCUT2D eigenvalue weighted by Crippen LogP contribution is 2.23. The number of likely N-dealkylation sites (N-methyl/N-ethyl adjacent to an activating group) is 1. The Balaban J connectivity index is -0.0000000432. The van der Waals surface area contributed by atoms with Crippen molar-refractivity contribution in [3.63, 3.8) is 0 Å². The van der Waals surface area contributed by atoms with E-state index in [1.165, 1.54) is 5.57 Å². The third-order valence-electron chi connectivity index (χ3n) is 3.79. The van der Waals surface area contributed by atoms with Crippen LogP contribution in [0.5, 0.6) is 0 Å². The molecule has 0 aliphatic heterocycles. The van der Waals surface area contributed by atoms with Gasteiger partial charge in [0.05, 0.1) is 5.83 Å². The molecule has 0 radical (unpaired) electrons. The molecule has 2 heteroatoms. The summed E-state index contributed by atoms with van der Waals surface area (Å²) >= 11 is 0. The van der Waals surface area contributed by atoms with Gasteiger partial charge < -0.3 is 4.90 Å². The van der Waals surface area contributed by atoms with Gasteiger partial charge in [-0.25, -0.2) is 4.39 Å². The fraction of sp³-hybridized carbons (Fsp3) is 0.750. The van der Waals surface area contributed by atoms with Crippen LogP contribution in [-0.4, -0.2) is 25.5 Å². The van der Waals surface area contributed by atoms with Crippen LogP contribution in [0.4, 0.5) is 4.39 Å². The van der Waals surface area contributed by atoms with Gasteiger partial charge in [-0.05, 0) is 37.3 Å². The van der Waals surface area contributed by atoms with Crippen LogP contribution in [0.2, 0.25) is 0 Å². The Kier molecular flexibility index (Phi) is 37.4. The van der Waals surface area contributed by atoms with Crippen LogP contribution < -0.4 is 0 Å². The molecule has 212 valence electrons. The van der Waals surface area contributed by atoms with Gasteiger partial charge in [-0.2, -0.15) is 0 Å². The number of hydrogen-bond acceptors (Lipinski definition) is 1. The van der Waals surface area contributed by atoms with E-state index in [0.717, 1.165) is 6.54 Å². The Morgan fingerprint density at radius 2 is 0.941 bits per heavy atom. The van der Waals surface area contributed by atoms with Gasteiger partial charge in [-0.1, -0.05) is 150 Å². The van der Waals surface area contributed by atoms with Gasteiger partial charge in [0.2, 0.25) is 0 Å². The van der Waals surface area contributed by atoms with Crippen molar-refractivity contribution in [2.45, 2.75) is 120 Å². The highest BCUT2D eigenvalue weighted by atomic mass is 19.1. The van der Waals surface area contributed by atoms with Gasteiger partial charge in [-0.15, -0.1) is 6.58 Å². The number of allylic oxidation sites excluding steroid dienone is 4. The second kappa shape index (κ2) is 23.6. The first-order valence-electron chi connectivity index (χ1n) is 10.8. The summed E-state index contributed by atoms with van der Waals surface area (Å²) in [4.78, 5) is 2.15. The molecular weight excluding hydrogens is 417 g/mol. The van der Waals surface area contributed by atoms with E-state index in [0.29, 0.717) is 16.2 Å². The van der Waals surface area contributed by atoms with Crippen LogP contribution in [-0.2, 0) is 0 Å². The topological polar surface area (TPSA) is 3.24 Å². The molecule has 0 heterocycles. The summed E-state index contributed by atoms with van der Waals surface area (Å²) in [5.74, 6) is -0.257. The SMILES string of the molecule is C.C.C.C.C=C(C)C(C)(C)C.C=C(F)C(C)(C)C.C=CC(C)(C)C.CN(C)C/C=C/C(C)(C)C. The van der Waals surface area contributed by atoms with Gasteiger partial charge in [0, 0.05) is 12.0 Å². The molecule has 0 aliphatic rings. The van der Waals surface area contributed by atoms with E-state index in [9.17, 15) is 4.39 Å². The fourth-order valence-corrected chi connectivity index (χ4v) is 0.617. The highest BCUT2D eigenvalue weighted by Gasteiger charge is 2.13. The van der Waals surface area contributed by atoms with E-state index in [2.05, 4.69) is 120 Å². The first kappa shape index (κ1) is 54.0.